The largest absolute Gasteiger partial charge is 0.497 e. The van der Waals surface area contributed by atoms with Gasteiger partial charge in [-0.25, -0.2) is 4.68 Å². The Kier molecular flexibility index (Phi) is 6.71. The number of ether oxygens (including phenoxy) is 1. The number of methoxy groups -OCH3 is 1. The molecule has 10 heteroatoms. The van der Waals surface area contributed by atoms with Crippen LogP contribution in [0.15, 0.2) is 59.4 Å². The summed E-state index contributed by atoms with van der Waals surface area (Å²) < 4.78 is 5.96. The molecule has 2 N–H and O–H groups in total. The molecule has 0 saturated heterocycles. The Labute approximate surface area is 181 Å². The van der Waals surface area contributed by atoms with Crippen molar-refractivity contribution in [2.24, 2.45) is 0 Å². The Hall–Kier alpha value is -3.36. The standard InChI is InChI=1S/C20H16Cl2N4O4/c1-30-16-4-2-14(3-5-16)24-20(29)17-6-7-19(28)26(25-17)11-18(27)23-15-9-12(21)8-13(22)10-15/h2-10H,11H2,1H3,(H,23,27)(H,24,29). The van der Waals surface area contributed by atoms with E-state index < -0.39 is 23.9 Å². The molecule has 0 fully saturated rings. The van der Waals surface area contributed by atoms with Gasteiger partial charge < -0.3 is 15.4 Å². The first-order valence-electron chi connectivity index (χ1n) is 8.63. The summed E-state index contributed by atoms with van der Waals surface area (Å²) in [5.41, 5.74) is 0.342. The lowest BCUT2D eigenvalue weighted by Crippen LogP contribution is -2.31. The molecule has 2 aromatic carbocycles. The van der Waals surface area contributed by atoms with E-state index in [0.29, 0.717) is 27.2 Å². The number of rotatable bonds is 6. The number of benzene rings is 2. The summed E-state index contributed by atoms with van der Waals surface area (Å²) in [5, 5.41) is 9.92. The van der Waals surface area contributed by atoms with Gasteiger partial charge in [-0.2, -0.15) is 5.10 Å². The van der Waals surface area contributed by atoms with Crippen molar-refractivity contribution >= 4 is 46.4 Å². The molecule has 154 valence electrons. The van der Waals surface area contributed by atoms with Crippen LogP contribution < -0.4 is 20.9 Å². The third kappa shape index (κ3) is 5.59. The lowest BCUT2D eigenvalue weighted by Gasteiger charge is -2.09. The second-order valence-corrected chi connectivity index (χ2v) is 6.98. The lowest BCUT2D eigenvalue weighted by atomic mass is 10.3. The number of hydrogen-bond acceptors (Lipinski definition) is 5. The fourth-order valence-corrected chi connectivity index (χ4v) is 3.04. The second kappa shape index (κ2) is 9.43. The normalized spacial score (nSPS) is 10.4. The molecule has 1 aromatic heterocycles. The van der Waals surface area contributed by atoms with Crippen LogP contribution in [0.4, 0.5) is 11.4 Å². The molecule has 0 aliphatic carbocycles. The molecule has 0 spiro atoms. The van der Waals surface area contributed by atoms with Gasteiger partial charge in [0.05, 0.1) is 7.11 Å². The molecule has 2 amide bonds. The Bertz CT molecular complexity index is 1130. The van der Waals surface area contributed by atoms with Gasteiger partial charge >= 0.3 is 0 Å². The van der Waals surface area contributed by atoms with Crippen LogP contribution in [-0.4, -0.2) is 28.7 Å². The molecule has 0 saturated carbocycles. The van der Waals surface area contributed by atoms with E-state index in [0.717, 1.165) is 4.68 Å². The van der Waals surface area contributed by atoms with Gasteiger partial charge in [-0.3, -0.25) is 14.4 Å². The summed E-state index contributed by atoms with van der Waals surface area (Å²) in [6.07, 6.45) is 0. The van der Waals surface area contributed by atoms with Gasteiger partial charge in [0.2, 0.25) is 5.91 Å². The number of aromatic nitrogens is 2. The Balaban J connectivity index is 1.71. The predicted octanol–water partition coefficient (Wildman–Crippen LogP) is 3.45. The minimum absolute atomic E-state index is 0.0241. The summed E-state index contributed by atoms with van der Waals surface area (Å²) in [4.78, 5) is 36.8. The van der Waals surface area contributed by atoms with Gasteiger partial charge in [0.15, 0.2) is 0 Å². The third-order valence-electron chi connectivity index (χ3n) is 3.89. The first-order chi connectivity index (χ1) is 14.3. The summed E-state index contributed by atoms with van der Waals surface area (Å²) >= 11 is 11.8. The number of hydrogen-bond donors (Lipinski definition) is 2. The Morgan fingerprint density at radius 2 is 1.63 bits per heavy atom. The van der Waals surface area contributed by atoms with Crippen LogP contribution in [0.2, 0.25) is 10.0 Å². The maximum Gasteiger partial charge on any atom is 0.276 e. The quantitative estimate of drug-likeness (QED) is 0.603. The fraction of sp³-hybridized carbons (Fsp3) is 0.100. The van der Waals surface area contributed by atoms with Crippen LogP contribution in [0, 0.1) is 0 Å². The van der Waals surface area contributed by atoms with Crippen molar-refractivity contribution in [2.45, 2.75) is 6.54 Å². The zero-order valence-electron chi connectivity index (χ0n) is 15.7. The van der Waals surface area contributed by atoms with Crippen LogP contribution in [-0.2, 0) is 11.3 Å². The fourth-order valence-electron chi connectivity index (χ4n) is 2.52. The molecule has 0 aliphatic rings. The molecule has 30 heavy (non-hydrogen) atoms. The highest BCUT2D eigenvalue weighted by Crippen LogP contribution is 2.22. The van der Waals surface area contributed by atoms with Gasteiger partial charge in [0.25, 0.3) is 11.5 Å². The molecule has 1 heterocycles. The number of amides is 2. The van der Waals surface area contributed by atoms with Gasteiger partial charge in [0, 0.05) is 27.5 Å². The van der Waals surface area contributed by atoms with E-state index in [1.54, 1.807) is 24.3 Å². The molecule has 0 bridgehead atoms. The van der Waals surface area contributed by atoms with Crippen LogP contribution in [0.25, 0.3) is 0 Å². The van der Waals surface area contributed by atoms with Crippen LogP contribution in [0.1, 0.15) is 10.5 Å². The van der Waals surface area contributed by atoms with E-state index in [1.165, 1.54) is 37.4 Å². The summed E-state index contributed by atoms with van der Waals surface area (Å²) in [6.45, 7) is -0.396. The topological polar surface area (TPSA) is 102 Å². The van der Waals surface area contributed by atoms with Crippen molar-refractivity contribution in [1.82, 2.24) is 9.78 Å². The Morgan fingerprint density at radius 3 is 2.27 bits per heavy atom. The highest BCUT2D eigenvalue weighted by molar-refractivity contribution is 6.35. The number of halogens is 2. The summed E-state index contributed by atoms with van der Waals surface area (Å²) in [5.74, 6) is -0.418. The number of carbonyl (C=O) groups excluding carboxylic acids is 2. The second-order valence-electron chi connectivity index (χ2n) is 6.10. The van der Waals surface area contributed by atoms with Gasteiger partial charge in [-0.05, 0) is 48.5 Å². The van der Waals surface area contributed by atoms with Crippen LogP contribution in [0.3, 0.4) is 0 Å². The molecule has 0 aliphatic heterocycles. The minimum Gasteiger partial charge on any atom is -0.497 e. The maximum absolute atomic E-state index is 12.4. The predicted molar refractivity (Wildman–Crippen MR) is 115 cm³/mol. The Morgan fingerprint density at radius 1 is 0.967 bits per heavy atom. The molecule has 8 nitrogen and oxygen atoms in total. The van der Waals surface area contributed by atoms with Crippen molar-refractivity contribution < 1.29 is 14.3 Å². The average Bonchev–Trinajstić information content (AvgIpc) is 2.69. The zero-order valence-corrected chi connectivity index (χ0v) is 17.2. The monoisotopic (exact) mass is 446 g/mol. The molecule has 3 rings (SSSR count). The van der Waals surface area contributed by atoms with Crippen LogP contribution >= 0.6 is 23.2 Å². The van der Waals surface area contributed by atoms with E-state index in [1.807, 2.05) is 0 Å². The first kappa shape index (κ1) is 21.4. The van der Waals surface area contributed by atoms with Crippen molar-refractivity contribution in [3.05, 3.63) is 80.7 Å². The molecule has 0 atom stereocenters. The van der Waals surface area contributed by atoms with Gasteiger partial charge in [-0.15, -0.1) is 0 Å². The highest BCUT2D eigenvalue weighted by atomic mass is 35.5. The molecule has 3 aromatic rings. The summed E-state index contributed by atoms with van der Waals surface area (Å²) in [7, 11) is 1.54. The van der Waals surface area contributed by atoms with E-state index in [9.17, 15) is 14.4 Å². The van der Waals surface area contributed by atoms with Crippen molar-refractivity contribution in [1.29, 1.82) is 0 Å². The SMILES string of the molecule is COc1ccc(NC(=O)c2ccc(=O)n(CC(=O)Nc3cc(Cl)cc(Cl)c3)n2)cc1. The minimum atomic E-state index is -0.532. The smallest absolute Gasteiger partial charge is 0.276 e. The van der Waals surface area contributed by atoms with E-state index >= 15 is 0 Å². The first-order valence-corrected chi connectivity index (χ1v) is 9.39. The van der Waals surface area contributed by atoms with Crippen molar-refractivity contribution in [2.75, 3.05) is 17.7 Å². The average molecular weight is 447 g/mol. The van der Waals surface area contributed by atoms with E-state index in [-0.39, 0.29) is 5.69 Å². The van der Waals surface area contributed by atoms with E-state index in [2.05, 4.69) is 15.7 Å². The third-order valence-corrected chi connectivity index (χ3v) is 4.32. The van der Waals surface area contributed by atoms with Crippen molar-refractivity contribution in [3.63, 3.8) is 0 Å². The molecule has 0 radical (unpaired) electrons. The van der Waals surface area contributed by atoms with E-state index in [4.69, 9.17) is 27.9 Å². The number of nitrogens with zero attached hydrogens (tertiary/aromatic N) is 2. The van der Waals surface area contributed by atoms with Gasteiger partial charge in [0.1, 0.15) is 18.0 Å². The number of nitrogens with one attached hydrogen (secondary N) is 2. The molecule has 0 unspecified atom stereocenters. The lowest BCUT2D eigenvalue weighted by molar-refractivity contribution is -0.117. The van der Waals surface area contributed by atoms with Crippen molar-refractivity contribution in [3.8, 4) is 5.75 Å². The maximum atomic E-state index is 12.4. The molecular formula is C20H16Cl2N4O4. The number of carbonyl (C=O) groups is 2. The number of anilines is 2. The zero-order chi connectivity index (χ0) is 21.7. The van der Waals surface area contributed by atoms with Gasteiger partial charge in [-0.1, -0.05) is 23.2 Å². The summed E-state index contributed by atoms with van der Waals surface area (Å²) in [6, 6.07) is 13.7. The highest BCUT2D eigenvalue weighted by Gasteiger charge is 2.13. The van der Waals surface area contributed by atoms with Crippen LogP contribution in [0.5, 0.6) is 5.75 Å². The molecular weight excluding hydrogens is 431 g/mol.